The van der Waals surface area contributed by atoms with Gasteiger partial charge in [0.25, 0.3) is 20.0 Å². The Morgan fingerprint density at radius 2 is 1.55 bits per heavy atom. The lowest BCUT2D eigenvalue weighted by atomic mass is 10.2. The Labute approximate surface area is 228 Å². The normalized spacial score (nSPS) is 20.3. The maximum absolute atomic E-state index is 13.9. The zero-order valence-electron chi connectivity index (χ0n) is 20.5. The Kier molecular flexibility index (Phi) is 7.63. The molecule has 14 heteroatoms. The largest absolute Gasteiger partial charge is 0.311 e. The Bertz CT molecular complexity index is 1650. The van der Waals surface area contributed by atoms with Crippen LogP contribution in [0.2, 0.25) is 5.02 Å². The van der Waals surface area contributed by atoms with Crippen LogP contribution in [0.3, 0.4) is 0 Å². The summed E-state index contributed by atoms with van der Waals surface area (Å²) in [5.41, 5.74) is 0.195. The molecule has 0 aliphatic carbocycles. The summed E-state index contributed by atoms with van der Waals surface area (Å²) in [5, 5.41) is 3.54. The lowest BCUT2D eigenvalue weighted by Gasteiger charge is -2.33. The average Bonchev–Trinajstić information content (AvgIpc) is 3.58. The fourth-order valence-electron chi connectivity index (χ4n) is 4.99. The van der Waals surface area contributed by atoms with Crippen molar-refractivity contribution in [1.29, 1.82) is 0 Å². The lowest BCUT2D eigenvalue weighted by molar-refractivity contribution is 0.292. The van der Waals surface area contributed by atoms with Gasteiger partial charge in [-0.1, -0.05) is 29.8 Å². The van der Waals surface area contributed by atoms with Crippen molar-refractivity contribution in [2.75, 3.05) is 38.5 Å². The van der Waals surface area contributed by atoms with Crippen molar-refractivity contribution in [2.24, 2.45) is 0 Å². The molecule has 2 aliphatic rings. The Balaban J connectivity index is 1.48. The van der Waals surface area contributed by atoms with Gasteiger partial charge >= 0.3 is 0 Å². The molecule has 0 amide bonds. The standard InChI is InChI=1S/C24H29ClN4O6S3/c25-20-8-9-23-19(16-20)17-24(29(23)37(32,33)22-6-2-1-3-7-22)38(34,35)28-14-11-26-21(18-28)10-15-36(30,31)27-12-4-5-13-27/h1-3,6-9,16-17,21,26H,4-5,10-15,18H2. The zero-order valence-corrected chi connectivity index (χ0v) is 23.7. The summed E-state index contributed by atoms with van der Waals surface area (Å²) in [6.07, 6.45) is 1.93. The van der Waals surface area contributed by atoms with E-state index in [9.17, 15) is 25.3 Å². The summed E-state index contributed by atoms with van der Waals surface area (Å²) in [7, 11) is -12.0. The van der Waals surface area contributed by atoms with Crippen LogP contribution >= 0.6 is 11.6 Å². The number of piperazine rings is 1. The predicted octanol–water partition coefficient (Wildman–Crippen LogP) is 2.31. The molecule has 5 rings (SSSR count). The van der Waals surface area contributed by atoms with Gasteiger partial charge in [-0.3, -0.25) is 0 Å². The van der Waals surface area contributed by atoms with Crippen molar-refractivity contribution in [3.8, 4) is 0 Å². The van der Waals surface area contributed by atoms with Gasteiger partial charge in [0.05, 0.1) is 16.2 Å². The van der Waals surface area contributed by atoms with Gasteiger partial charge < -0.3 is 5.32 Å². The molecule has 0 bridgehead atoms. The molecular formula is C24H29ClN4O6S3. The van der Waals surface area contributed by atoms with Crippen molar-refractivity contribution in [2.45, 2.75) is 35.2 Å². The van der Waals surface area contributed by atoms with Crippen LogP contribution in [-0.4, -0.2) is 82.4 Å². The number of fused-ring (bicyclic) bond motifs is 1. The summed E-state index contributed by atoms with van der Waals surface area (Å²) >= 11 is 6.13. The monoisotopic (exact) mass is 600 g/mol. The molecule has 2 aromatic carbocycles. The van der Waals surface area contributed by atoms with E-state index in [4.69, 9.17) is 11.6 Å². The van der Waals surface area contributed by atoms with E-state index in [0.29, 0.717) is 30.0 Å². The first kappa shape index (κ1) is 27.6. The van der Waals surface area contributed by atoms with E-state index in [1.165, 1.54) is 45.0 Å². The van der Waals surface area contributed by atoms with E-state index >= 15 is 0 Å². The third-order valence-corrected chi connectivity index (χ3v) is 12.8. The van der Waals surface area contributed by atoms with Crippen LogP contribution in [0.25, 0.3) is 10.9 Å². The molecule has 0 radical (unpaired) electrons. The van der Waals surface area contributed by atoms with E-state index in [-0.39, 0.29) is 40.7 Å². The first-order valence-electron chi connectivity index (χ1n) is 12.3. The number of hydrogen-bond donors (Lipinski definition) is 1. The summed E-state index contributed by atoms with van der Waals surface area (Å²) < 4.78 is 84.2. The Morgan fingerprint density at radius 3 is 2.26 bits per heavy atom. The molecule has 10 nitrogen and oxygen atoms in total. The summed E-state index contributed by atoms with van der Waals surface area (Å²) in [6, 6.07) is 13.1. The van der Waals surface area contributed by atoms with Crippen molar-refractivity contribution >= 4 is 52.6 Å². The highest BCUT2D eigenvalue weighted by atomic mass is 35.5. The van der Waals surface area contributed by atoms with E-state index in [2.05, 4.69) is 5.32 Å². The summed E-state index contributed by atoms with van der Waals surface area (Å²) in [4.78, 5) is -0.0470. The minimum atomic E-state index is -4.29. The molecule has 1 unspecified atom stereocenters. The quantitative estimate of drug-likeness (QED) is 0.420. The van der Waals surface area contributed by atoms with Crippen molar-refractivity contribution in [3.63, 3.8) is 0 Å². The van der Waals surface area contributed by atoms with Gasteiger partial charge in [0.1, 0.15) is 0 Å². The first-order chi connectivity index (χ1) is 18.0. The van der Waals surface area contributed by atoms with Gasteiger partial charge in [0, 0.05) is 49.2 Å². The molecule has 206 valence electrons. The predicted molar refractivity (Wildman–Crippen MR) is 146 cm³/mol. The molecule has 3 aromatic rings. The highest BCUT2D eigenvalue weighted by Gasteiger charge is 2.37. The fourth-order valence-corrected chi connectivity index (χ4v) is 10.4. The average molecular weight is 601 g/mol. The number of nitrogens with zero attached hydrogens (tertiary/aromatic N) is 3. The van der Waals surface area contributed by atoms with Gasteiger partial charge in [0.2, 0.25) is 10.0 Å². The van der Waals surface area contributed by atoms with Crippen molar-refractivity contribution < 1.29 is 25.3 Å². The second-order valence-electron chi connectivity index (χ2n) is 9.49. The van der Waals surface area contributed by atoms with Crippen LogP contribution in [0.4, 0.5) is 0 Å². The van der Waals surface area contributed by atoms with Gasteiger partial charge in [-0.15, -0.1) is 0 Å². The topological polar surface area (TPSA) is 126 Å². The molecule has 1 atom stereocenters. The van der Waals surface area contributed by atoms with Crippen LogP contribution in [0, 0.1) is 0 Å². The Morgan fingerprint density at radius 1 is 0.842 bits per heavy atom. The van der Waals surface area contributed by atoms with E-state index in [1.54, 1.807) is 18.2 Å². The van der Waals surface area contributed by atoms with E-state index in [0.717, 1.165) is 16.8 Å². The van der Waals surface area contributed by atoms with Gasteiger partial charge in [0.15, 0.2) is 5.03 Å². The fraction of sp³-hybridized carbons (Fsp3) is 0.417. The molecular weight excluding hydrogens is 572 g/mol. The van der Waals surface area contributed by atoms with E-state index < -0.39 is 36.1 Å². The Hall–Kier alpha value is -2.00. The van der Waals surface area contributed by atoms with Crippen molar-refractivity contribution in [3.05, 3.63) is 59.6 Å². The zero-order chi connectivity index (χ0) is 27.1. The van der Waals surface area contributed by atoms with Crippen LogP contribution in [0.5, 0.6) is 0 Å². The highest BCUT2D eigenvalue weighted by Crippen LogP contribution is 2.32. The van der Waals surface area contributed by atoms with E-state index in [1.807, 2.05) is 0 Å². The molecule has 38 heavy (non-hydrogen) atoms. The lowest BCUT2D eigenvalue weighted by Crippen LogP contribution is -2.53. The number of halogens is 1. The first-order valence-corrected chi connectivity index (χ1v) is 17.2. The second-order valence-corrected chi connectivity index (χ2v) is 15.7. The minimum absolute atomic E-state index is 0.0194. The molecule has 3 heterocycles. The van der Waals surface area contributed by atoms with Gasteiger partial charge in [-0.25, -0.2) is 33.5 Å². The molecule has 2 fully saturated rings. The molecule has 2 saturated heterocycles. The maximum Gasteiger partial charge on any atom is 0.269 e. The van der Waals surface area contributed by atoms with Crippen molar-refractivity contribution in [1.82, 2.24) is 17.9 Å². The number of aromatic nitrogens is 1. The number of rotatable bonds is 8. The molecule has 1 N–H and O–H groups in total. The SMILES string of the molecule is O=S(=O)(CCC1CN(S(=O)(=O)c2cc3cc(Cl)ccc3n2S(=O)(=O)c2ccccc2)CCN1)N1CCCC1. The smallest absolute Gasteiger partial charge is 0.269 e. The number of sulfonamides is 2. The number of benzene rings is 2. The molecule has 0 spiro atoms. The minimum Gasteiger partial charge on any atom is -0.311 e. The molecule has 2 aliphatic heterocycles. The van der Waals surface area contributed by atoms with Gasteiger partial charge in [-0.05, 0) is 55.7 Å². The van der Waals surface area contributed by atoms with Crippen LogP contribution in [0.1, 0.15) is 19.3 Å². The third kappa shape index (κ3) is 5.25. The summed E-state index contributed by atoms with van der Waals surface area (Å²) in [6.45, 7) is 1.48. The molecule has 1 aromatic heterocycles. The van der Waals surface area contributed by atoms with Crippen LogP contribution in [-0.2, 0) is 30.1 Å². The second kappa shape index (κ2) is 10.5. The molecule has 0 saturated carbocycles. The highest BCUT2D eigenvalue weighted by molar-refractivity contribution is 7.92. The number of nitrogens with one attached hydrogen (secondary N) is 1. The van der Waals surface area contributed by atoms with Crippen LogP contribution in [0.15, 0.2) is 64.5 Å². The van der Waals surface area contributed by atoms with Crippen LogP contribution < -0.4 is 5.32 Å². The maximum atomic E-state index is 13.9. The summed E-state index contributed by atoms with van der Waals surface area (Å²) in [5.74, 6) is -0.0836. The number of hydrogen-bond acceptors (Lipinski definition) is 7. The third-order valence-electron chi connectivity index (χ3n) is 6.97. The van der Waals surface area contributed by atoms with Gasteiger partial charge in [-0.2, -0.15) is 4.31 Å².